The molecule has 2 amide bonds. The van der Waals surface area contributed by atoms with Crippen molar-refractivity contribution in [2.75, 3.05) is 19.5 Å². The molecule has 0 heterocycles. The Morgan fingerprint density at radius 1 is 1.07 bits per heavy atom. The lowest BCUT2D eigenvalue weighted by atomic mass is 10.2. The lowest BCUT2D eigenvalue weighted by Crippen LogP contribution is -2.36. The van der Waals surface area contributed by atoms with Gasteiger partial charge >= 0.3 is 0 Å². The van der Waals surface area contributed by atoms with Crippen molar-refractivity contribution in [3.8, 4) is 11.5 Å². The molecule has 0 atom stereocenters. The maximum atomic E-state index is 13.2. The van der Waals surface area contributed by atoms with E-state index in [0.717, 1.165) is 6.07 Å². The number of nitrogens with one attached hydrogen (secondary N) is 3. The molecule has 0 aliphatic rings. The van der Waals surface area contributed by atoms with E-state index in [1.54, 1.807) is 6.92 Å². The Balaban J connectivity index is 2.01. The zero-order valence-electron chi connectivity index (χ0n) is 15.4. The standard InChI is InChI=1S/C19H19ClFN3O4/c1-11(23-24-19(26)12-5-4-6-13(21)8-12)7-18(25)22-15-10-16(27-2)14(20)9-17(15)28-3/h4-10,23H,1-3H3,(H,22,25)(H,24,26)/b11-7-. The second-order valence-corrected chi connectivity index (χ2v) is 6.00. The summed E-state index contributed by atoms with van der Waals surface area (Å²) in [6.07, 6.45) is 1.23. The summed E-state index contributed by atoms with van der Waals surface area (Å²) in [4.78, 5) is 24.2. The lowest BCUT2D eigenvalue weighted by Gasteiger charge is -2.13. The van der Waals surface area contributed by atoms with Crippen LogP contribution in [0, 0.1) is 5.82 Å². The zero-order valence-corrected chi connectivity index (χ0v) is 16.2. The molecule has 0 saturated heterocycles. The highest BCUT2D eigenvalue weighted by Crippen LogP contribution is 2.35. The average molecular weight is 408 g/mol. The first-order chi connectivity index (χ1) is 13.3. The number of amides is 2. The van der Waals surface area contributed by atoms with Gasteiger partial charge in [0.15, 0.2) is 0 Å². The highest BCUT2D eigenvalue weighted by Gasteiger charge is 2.12. The first-order valence-electron chi connectivity index (χ1n) is 8.06. The summed E-state index contributed by atoms with van der Waals surface area (Å²) in [6, 6.07) is 8.27. The molecule has 2 aromatic rings. The quantitative estimate of drug-likeness (QED) is 0.484. The molecule has 0 aliphatic heterocycles. The number of ether oxygens (including phenoxy) is 2. The van der Waals surface area contributed by atoms with Crippen LogP contribution in [0.2, 0.25) is 5.02 Å². The average Bonchev–Trinajstić information content (AvgIpc) is 2.66. The van der Waals surface area contributed by atoms with E-state index in [4.69, 9.17) is 21.1 Å². The number of carbonyl (C=O) groups excluding carboxylic acids is 2. The molecule has 0 fully saturated rings. The Kier molecular flexibility index (Phi) is 7.22. The molecule has 3 N–H and O–H groups in total. The van der Waals surface area contributed by atoms with Gasteiger partial charge in [0, 0.05) is 29.5 Å². The lowest BCUT2D eigenvalue weighted by molar-refractivity contribution is -0.112. The number of methoxy groups -OCH3 is 2. The van der Waals surface area contributed by atoms with Crippen molar-refractivity contribution in [3.63, 3.8) is 0 Å². The van der Waals surface area contributed by atoms with E-state index in [9.17, 15) is 14.0 Å². The van der Waals surface area contributed by atoms with E-state index >= 15 is 0 Å². The minimum absolute atomic E-state index is 0.141. The number of allylic oxidation sites excluding steroid dienone is 1. The summed E-state index contributed by atoms with van der Waals surface area (Å²) >= 11 is 6.03. The molecule has 0 spiro atoms. The van der Waals surface area contributed by atoms with Gasteiger partial charge in [0.1, 0.15) is 17.3 Å². The van der Waals surface area contributed by atoms with Gasteiger partial charge in [-0.1, -0.05) is 17.7 Å². The Hall–Kier alpha value is -3.26. The minimum atomic E-state index is -0.545. The van der Waals surface area contributed by atoms with Gasteiger partial charge < -0.3 is 20.2 Å². The minimum Gasteiger partial charge on any atom is -0.495 e. The third-order valence-corrected chi connectivity index (χ3v) is 3.83. The van der Waals surface area contributed by atoms with Crippen LogP contribution in [0.1, 0.15) is 17.3 Å². The summed E-state index contributed by atoms with van der Waals surface area (Å²) in [5.74, 6) is -0.812. The zero-order chi connectivity index (χ0) is 20.7. The van der Waals surface area contributed by atoms with E-state index < -0.39 is 17.6 Å². The van der Waals surface area contributed by atoms with Gasteiger partial charge in [0.05, 0.1) is 24.9 Å². The molecule has 0 aliphatic carbocycles. The number of anilines is 1. The molecule has 2 aromatic carbocycles. The number of carbonyl (C=O) groups is 2. The fraction of sp³-hybridized carbons (Fsp3) is 0.158. The van der Waals surface area contributed by atoms with E-state index in [1.807, 2.05) is 0 Å². The van der Waals surface area contributed by atoms with Crippen LogP contribution < -0.4 is 25.6 Å². The molecule has 9 heteroatoms. The Morgan fingerprint density at radius 2 is 1.79 bits per heavy atom. The van der Waals surface area contributed by atoms with Crippen molar-refractivity contribution in [1.82, 2.24) is 10.9 Å². The third kappa shape index (κ3) is 5.62. The Bertz CT molecular complexity index is 918. The molecular weight excluding hydrogens is 389 g/mol. The third-order valence-electron chi connectivity index (χ3n) is 3.54. The topological polar surface area (TPSA) is 88.7 Å². The first-order valence-corrected chi connectivity index (χ1v) is 8.44. The predicted octanol–water partition coefficient (Wildman–Crippen LogP) is 3.27. The first kappa shape index (κ1) is 21.0. The van der Waals surface area contributed by atoms with Crippen LogP contribution in [0.5, 0.6) is 11.5 Å². The predicted molar refractivity (Wildman–Crippen MR) is 104 cm³/mol. The summed E-state index contributed by atoms with van der Waals surface area (Å²) in [5.41, 5.74) is 5.81. The molecule has 0 unspecified atom stereocenters. The highest BCUT2D eigenvalue weighted by molar-refractivity contribution is 6.32. The fourth-order valence-electron chi connectivity index (χ4n) is 2.22. The summed E-state index contributed by atoms with van der Waals surface area (Å²) in [7, 11) is 2.90. The molecule has 0 saturated carbocycles. The molecule has 2 rings (SSSR count). The van der Waals surface area contributed by atoms with E-state index in [0.29, 0.717) is 27.9 Å². The van der Waals surface area contributed by atoms with Gasteiger partial charge in [0.2, 0.25) is 5.91 Å². The SMILES string of the molecule is COc1cc(NC(=O)/C=C(/C)NNC(=O)c2cccc(F)c2)c(OC)cc1Cl. The number of rotatable bonds is 7. The number of hydrazine groups is 1. The number of hydrogen-bond donors (Lipinski definition) is 3. The van der Waals surface area contributed by atoms with Crippen LogP contribution in [-0.2, 0) is 4.79 Å². The van der Waals surface area contributed by atoms with Crippen LogP contribution >= 0.6 is 11.6 Å². The van der Waals surface area contributed by atoms with Gasteiger partial charge in [0.25, 0.3) is 5.91 Å². The fourth-order valence-corrected chi connectivity index (χ4v) is 2.45. The van der Waals surface area contributed by atoms with Gasteiger partial charge in [-0.2, -0.15) is 0 Å². The van der Waals surface area contributed by atoms with Crippen LogP contribution in [0.3, 0.4) is 0 Å². The van der Waals surface area contributed by atoms with Crippen LogP contribution in [0.4, 0.5) is 10.1 Å². The molecule has 148 valence electrons. The normalized spacial score (nSPS) is 10.8. The maximum absolute atomic E-state index is 13.2. The van der Waals surface area contributed by atoms with E-state index in [2.05, 4.69) is 16.2 Å². The van der Waals surface area contributed by atoms with Crippen molar-refractivity contribution >= 4 is 29.1 Å². The summed E-state index contributed by atoms with van der Waals surface area (Å²) in [5, 5.41) is 2.98. The van der Waals surface area contributed by atoms with Gasteiger partial charge in [-0.15, -0.1) is 0 Å². The summed E-state index contributed by atoms with van der Waals surface area (Å²) in [6.45, 7) is 1.57. The summed E-state index contributed by atoms with van der Waals surface area (Å²) < 4.78 is 23.5. The Labute approximate surface area is 166 Å². The second kappa shape index (κ2) is 9.61. The maximum Gasteiger partial charge on any atom is 0.269 e. The molecule has 0 radical (unpaired) electrons. The van der Waals surface area contributed by atoms with Gasteiger partial charge in [-0.05, 0) is 25.1 Å². The highest BCUT2D eigenvalue weighted by atomic mass is 35.5. The number of halogens is 2. The monoisotopic (exact) mass is 407 g/mol. The number of benzene rings is 2. The largest absolute Gasteiger partial charge is 0.495 e. The molecule has 0 aromatic heterocycles. The molecule has 28 heavy (non-hydrogen) atoms. The van der Waals surface area contributed by atoms with Crippen molar-refractivity contribution in [1.29, 1.82) is 0 Å². The van der Waals surface area contributed by atoms with Crippen LogP contribution in [0.15, 0.2) is 48.2 Å². The van der Waals surface area contributed by atoms with Crippen molar-refractivity contribution in [2.45, 2.75) is 6.92 Å². The molecular formula is C19H19ClFN3O4. The van der Waals surface area contributed by atoms with E-state index in [-0.39, 0.29) is 5.56 Å². The van der Waals surface area contributed by atoms with Crippen molar-refractivity contribution in [2.24, 2.45) is 0 Å². The second-order valence-electron chi connectivity index (χ2n) is 5.59. The van der Waals surface area contributed by atoms with E-state index in [1.165, 1.54) is 50.6 Å². The molecule has 7 nitrogen and oxygen atoms in total. The van der Waals surface area contributed by atoms with Gasteiger partial charge in [-0.3, -0.25) is 15.0 Å². The van der Waals surface area contributed by atoms with Gasteiger partial charge in [-0.25, -0.2) is 4.39 Å². The van der Waals surface area contributed by atoms with Crippen LogP contribution in [-0.4, -0.2) is 26.0 Å². The van der Waals surface area contributed by atoms with Crippen molar-refractivity contribution < 1.29 is 23.5 Å². The molecule has 0 bridgehead atoms. The smallest absolute Gasteiger partial charge is 0.269 e. The van der Waals surface area contributed by atoms with Crippen LogP contribution in [0.25, 0.3) is 0 Å². The number of hydrogen-bond acceptors (Lipinski definition) is 5. The van der Waals surface area contributed by atoms with Crippen molar-refractivity contribution in [3.05, 3.63) is 64.6 Å². The Morgan fingerprint density at radius 3 is 2.43 bits per heavy atom.